The molecule has 104 valence electrons. The summed E-state index contributed by atoms with van der Waals surface area (Å²) in [6, 6.07) is 6.56. The maximum Gasteiger partial charge on any atom is 0.223 e. The van der Waals surface area contributed by atoms with Crippen LogP contribution >= 0.6 is 0 Å². The molecule has 3 nitrogen and oxygen atoms in total. The van der Waals surface area contributed by atoms with E-state index in [9.17, 15) is 9.18 Å². The van der Waals surface area contributed by atoms with Crippen LogP contribution in [0.15, 0.2) is 24.3 Å². The molecule has 2 atom stereocenters. The van der Waals surface area contributed by atoms with Crippen LogP contribution in [-0.2, 0) is 4.79 Å². The van der Waals surface area contributed by atoms with E-state index in [1.54, 1.807) is 6.07 Å². The Hall–Kier alpha value is -1.42. The molecule has 0 bridgehead atoms. The lowest BCUT2D eigenvalue weighted by molar-refractivity contribution is -0.132. The average molecular weight is 264 g/mol. The highest BCUT2D eigenvalue weighted by Crippen LogP contribution is 2.21. The van der Waals surface area contributed by atoms with Crippen molar-refractivity contribution in [1.29, 1.82) is 0 Å². The molecule has 0 saturated carbocycles. The zero-order valence-corrected chi connectivity index (χ0v) is 11.3. The van der Waals surface area contributed by atoms with Crippen molar-refractivity contribution in [2.45, 2.75) is 38.1 Å². The number of likely N-dealkylation sites (tertiary alicyclic amines) is 1. The summed E-state index contributed by atoms with van der Waals surface area (Å²) in [7, 11) is 0. The van der Waals surface area contributed by atoms with Crippen molar-refractivity contribution in [2.24, 2.45) is 5.73 Å². The Morgan fingerprint density at radius 1 is 1.58 bits per heavy atom. The lowest BCUT2D eigenvalue weighted by atomic mass is 9.96. The second-order valence-electron chi connectivity index (χ2n) is 5.40. The van der Waals surface area contributed by atoms with Crippen LogP contribution in [0.4, 0.5) is 4.39 Å². The summed E-state index contributed by atoms with van der Waals surface area (Å²) in [6.45, 7) is 3.40. The molecular formula is C15H21FN2O. The molecule has 19 heavy (non-hydrogen) atoms. The van der Waals surface area contributed by atoms with Crippen molar-refractivity contribution >= 4 is 5.91 Å². The number of piperidine rings is 1. The van der Waals surface area contributed by atoms with Crippen LogP contribution in [0.5, 0.6) is 0 Å². The van der Waals surface area contributed by atoms with Crippen molar-refractivity contribution < 1.29 is 9.18 Å². The summed E-state index contributed by atoms with van der Waals surface area (Å²) in [6.07, 6.45) is 2.38. The van der Waals surface area contributed by atoms with Gasteiger partial charge in [-0.1, -0.05) is 19.1 Å². The number of nitrogens with two attached hydrogens (primary N) is 1. The molecule has 1 saturated heterocycles. The van der Waals surface area contributed by atoms with E-state index in [1.165, 1.54) is 12.1 Å². The maximum absolute atomic E-state index is 13.2. The molecule has 1 heterocycles. The second kappa shape index (κ2) is 6.15. The minimum atomic E-state index is -0.253. The topological polar surface area (TPSA) is 46.3 Å². The summed E-state index contributed by atoms with van der Waals surface area (Å²) in [5, 5.41) is 0. The van der Waals surface area contributed by atoms with Gasteiger partial charge in [0.2, 0.25) is 5.91 Å². The minimum absolute atomic E-state index is 0.0290. The first-order valence-corrected chi connectivity index (χ1v) is 6.85. The van der Waals surface area contributed by atoms with Gasteiger partial charge in [-0.3, -0.25) is 4.79 Å². The zero-order valence-electron chi connectivity index (χ0n) is 11.3. The van der Waals surface area contributed by atoms with Crippen LogP contribution in [0, 0.1) is 5.82 Å². The van der Waals surface area contributed by atoms with Crippen molar-refractivity contribution in [2.75, 3.05) is 13.1 Å². The molecule has 1 aliphatic rings. The third kappa shape index (κ3) is 3.77. The molecule has 0 aromatic heterocycles. The van der Waals surface area contributed by atoms with Gasteiger partial charge in [0.1, 0.15) is 5.82 Å². The molecule has 1 amide bonds. The fourth-order valence-electron chi connectivity index (χ4n) is 2.56. The van der Waals surface area contributed by atoms with E-state index in [-0.39, 0.29) is 23.7 Å². The fraction of sp³-hybridized carbons (Fsp3) is 0.533. The SMILES string of the molecule is CC(CC(=O)N1CCCC(N)C1)c1cccc(F)c1. The van der Waals surface area contributed by atoms with Gasteiger partial charge in [-0.15, -0.1) is 0 Å². The standard InChI is InChI=1S/C15H21FN2O/c1-11(12-4-2-5-13(16)9-12)8-15(19)18-7-3-6-14(17)10-18/h2,4-5,9,11,14H,3,6-8,10,17H2,1H3. The minimum Gasteiger partial charge on any atom is -0.341 e. The monoisotopic (exact) mass is 264 g/mol. The summed E-state index contributed by atoms with van der Waals surface area (Å²) >= 11 is 0. The van der Waals surface area contributed by atoms with Crippen LogP contribution in [0.3, 0.4) is 0 Å². The number of halogens is 1. The first kappa shape index (κ1) is 14.0. The van der Waals surface area contributed by atoms with E-state index < -0.39 is 0 Å². The van der Waals surface area contributed by atoms with Crippen LogP contribution in [0.1, 0.15) is 37.7 Å². The summed E-state index contributed by atoms with van der Waals surface area (Å²) in [5.41, 5.74) is 6.75. The summed E-state index contributed by atoms with van der Waals surface area (Å²) in [5.74, 6) is -0.106. The second-order valence-corrected chi connectivity index (χ2v) is 5.40. The maximum atomic E-state index is 13.2. The molecule has 1 aromatic rings. The number of rotatable bonds is 3. The van der Waals surface area contributed by atoms with Gasteiger partial charge in [0, 0.05) is 25.6 Å². The molecular weight excluding hydrogens is 243 g/mol. The average Bonchev–Trinajstić information content (AvgIpc) is 2.38. The molecule has 1 aliphatic heterocycles. The molecule has 0 aliphatic carbocycles. The quantitative estimate of drug-likeness (QED) is 0.910. The highest BCUT2D eigenvalue weighted by molar-refractivity contribution is 5.77. The highest BCUT2D eigenvalue weighted by atomic mass is 19.1. The number of hydrogen-bond acceptors (Lipinski definition) is 2. The van der Waals surface area contributed by atoms with Crippen LogP contribution in [-0.4, -0.2) is 29.9 Å². The predicted molar refractivity (Wildman–Crippen MR) is 73.2 cm³/mol. The smallest absolute Gasteiger partial charge is 0.223 e. The number of carbonyl (C=O) groups is 1. The Morgan fingerprint density at radius 2 is 2.37 bits per heavy atom. The molecule has 4 heteroatoms. The van der Waals surface area contributed by atoms with Gasteiger partial charge in [0.05, 0.1) is 0 Å². The Labute approximate surface area is 113 Å². The van der Waals surface area contributed by atoms with Crippen molar-refractivity contribution in [1.82, 2.24) is 4.90 Å². The fourth-order valence-corrected chi connectivity index (χ4v) is 2.56. The Morgan fingerprint density at radius 3 is 3.05 bits per heavy atom. The molecule has 1 fully saturated rings. The Bertz CT molecular complexity index is 450. The number of hydrogen-bond donors (Lipinski definition) is 1. The van der Waals surface area contributed by atoms with Gasteiger partial charge >= 0.3 is 0 Å². The van der Waals surface area contributed by atoms with Crippen molar-refractivity contribution in [3.63, 3.8) is 0 Å². The Kier molecular flexibility index (Phi) is 4.53. The first-order valence-electron chi connectivity index (χ1n) is 6.85. The molecule has 1 aromatic carbocycles. The summed E-state index contributed by atoms with van der Waals surface area (Å²) < 4.78 is 13.2. The van der Waals surface area contributed by atoms with Gasteiger partial charge < -0.3 is 10.6 Å². The van der Waals surface area contributed by atoms with Gasteiger partial charge in [-0.05, 0) is 36.5 Å². The first-order chi connectivity index (χ1) is 9.06. The van der Waals surface area contributed by atoms with Crippen LogP contribution in [0.25, 0.3) is 0 Å². The normalized spacial score (nSPS) is 21.2. The van der Waals surface area contributed by atoms with E-state index in [4.69, 9.17) is 5.73 Å². The lowest BCUT2D eigenvalue weighted by Crippen LogP contribution is -2.45. The van der Waals surface area contributed by atoms with E-state index in [0.29, 0.717) is 13.0 Å². The largest absolute Gasteiger partial charge is 0.341 e. The van der Waals surface area contributed by atoms with Crippen molar-refractivity contribution in [3.05, 3.63) is 35.6 Å². The third-order valence-corrected chi connectivity index (χ3v) is 3.71. The number of benzene rings is 1. The molecule has 2 rings (SSSR count). The molecule has 2 unspecified atom stereocenters. The predicted octanol–water partition coefficient (Wildman–Crippen LogP) is 2.27. The Balaban J connectivity index is 1.94. The third-order valence-electron chi connectivity index (χ3n) is 3.71. The van der Waals surface area contributed by atoms with Gasteiger partial charge in [-0.25, -0.2) is 4.39 Å². The van der Waals surface area contributed by atoms with E-state index in [1.807, 2.05) is 17.9 Å². The van der Waals surface area contributed by atoms with Gasteiger partial charge in [0.25, 0.3) is 0 Å². The number of carbonyl (C=O) groups excluding carboxylic acids is 1. The van der Waals surface area contributed by atoms with E-state index in [2.05, 4.69) is 0 Å². The van der Waals surface area contributed by atoms with E-state index in [0.717, 1.165) is 24.9 Å². The molecule has 0 radical (unpaired) electrons. The van der Waals surface area contributed by atoms with Crippen LogP contribution < -0.4 is 5.73 Å². The highest BCUT2D eigenvalue weighted by Gasteiger charge is 2.22. The summed E-state index contributed by atoms with van der Waals surface area (Å²) in [4.78, 5) is 14.0. The van der Waals surface area contributed by atoms with Gasteiger partial charge in [-0.2, -0.15) is 0 Å². The van der Waals surface area contributed by atoms with Crippen molar-refractivity contribution in [3.8, 4) is 0 Å². The number of nitrogens with zero attached hydrogens (tertiary/aromatic N) is 1. The number of amides is 1. The molecule has 0 spiro atoms. The van der Waals surface area contributed by atoms with Crippen LogP contribution in [0.2, 0.25) is 0 Å². The zero-order chi connectivity index (χ0) is 13.8. The lowest BCUT2D eigenvalue weighted by Gasteiger charge is -2.31. The van der Waals surface area contributed by atoms with E-state index >= 15 is 0 Å². The molecule has 2 N–H and O–H groups in total. The van der Waals surface area contributed by atoms with Gasteiger partial charge in [0.15, 0.2) is 0 Å².